The van der Waals surface area contributed by atoms with Crippen LogP contribution in [0.2, 0.25) is 5.02 Å². The Bertz CT molecular complexity index is 1320. The van der Waals surface area contributed by atoms with Gasteiger partial charge in [-0.05, 0) is 42.3 Å². The van der Waals surface area contributed by atoms with Crippen LogP contribution in [-0.2, 0) is 32.6 Å². The molecule has 0 fully saturated rings. The van der Waals surface area contributed by atoms with E-state index in [0.717, 1.165) is 26.2 Å². The molecule has 0 unspecified atom stereocenters. The molecule has 1 N–H and O–H groups in total. The van der Waals surface area contributed by atoms with Crippen LogP contribution in [0, 0.1) is 0 Å². The number of para-hydroxylation sites is 1. The molecule has 0 saturated carbocycles. The zero-order valence-corrected chi connectivity index (χ0v) is 23.8. The largest absolute Gasteiger partial charge is 0.355 e. The molecule has 10 heteroatoms. The minimum absolute atomic E-state index is 0.112. The number of carbonyl (C=O) groups excluding carboxylic acids is 2. The number of amides is 2. The van der Waals surface area contributed by atoms with Gasteiger partial charge in [0.2, 0.25) is 21.8 Å². The Kier molecular flexibility index (Phi) is 10.1. The smallest absolute Gasteiger partial charge is 0.244 e. The summed E-state index contributed by atoms with van der Waals surface area (Å²) in [4.78, 5) is 28.6. The molecule has 0 aliphatic rings. The van der Waals surface area contributed by atoms with Crippen LogP contribution in [0.15, 0.2) is 83.3 Å². The van der Waals surface area contributed by atoms with Crippen molar-refractivity contribution in [1.29, 1.82) is 0 Å². The maximum atomic E-state index is 13.9. The summed E-state index contributed by atoms with van der Waals surface area (Å²) < 4.78 is 27.3. The van der Waals surface area contributed by atoms with Gasteiger partial charge >= 0.3 is 0 Å². The van der Waals surface area contributed by atoms with Crippen LogP contribution in [-0.4, -0.2) is 50.5 Å². The van der Waals surface area contributed by atoms with Crippen LogP contribution in [0.5, 0.6) is 0 Å². The summed E-state index contributed by atoms with van der Waals surface area (Å²) >= 11 is 9.71. The fourth-order valence-electron chi connectivity index (χ4n) is 3.88. The van der Waals surface area contributed by atoms with Crippen LogP contribution in [0.1, 0.15) is 18.1 Å². The molecule has 3 aromatic carbocycles. The van der Waals surface area contributed by atoms with Crippen molar-refractivity contribution >= 4 is 55.1 Å². The van der Waals surface area contributed by atoms with Crippen LogP contribution < -0.4 is 9.62 Å². The van der Waals surface area contributed by atoms with E-state index in [1.54, 1.807) is 31.2 Å². The molecule has 0 heterocycles. The molecular weight excluding hydrogens is 578 g/mol. The van der Waals surface area contributed by atoms with Crippen molar-refractivity contribution in [3.05, 3.63) is 99.5 Å². The van der Waals surface area contributed by atoms with Gasteiger partial charge in [-0.25, -0.2) is 8.42 Å². The molecule has 0 spiro atoms. The van der Waals surface area contributed by atoms with E-state index in [1.165, 1.54) is 4.90 Å². The number of carbonyl (C=O) groups is 2. The van der Waals surface area contributed by atoms with E-state index in [-0.39, 0.29) is 29.6 Å². The molecule has 0 aliphatic carbocycles. The molecule has 37 heavy (non-hydrogen) atoms. The van der Waals surface area contributed by atoms with Gasteiger partial charge in [-0.1, -0.05) is 82.1 Å². The highest BCUT2D eigenvalue weighted by molar-refractivity contribution is 9.10. The second-order valence-corrected chi connectivity index (χ2v) is 11.7. The normalized spacial score (nSPS) is 12.0. The standard InChI is InChI=1S/C27H29BrClN3O4S/c1-3-30-27(34)25(17-20-9-5-4-6-10-20)31(18-21-13-15-22(28)16-14-21)26(33)19-32(37(2,35)36)24-12-8-7-11-23(24)29/h4-16,25H,3,17-19H2,1-2H3,(H,30,34)/t25-/m0/s1. The highest BCUT2D eigenvalue weighted by Crippen LogP contribution is 2.27. The first kappa shape index (κ1) is 28.7. The van der Waals surface area contributed by atoms with Gasteiger partial charge in [-0.2, -0.15) is 0 Å². The maximum Gasteiger partial charge on any atom is 0.244 e. The van der Waals surface area contributed by atoms with Gasteiger partial charge in [-0.3, -0.25) is 13.9 Å². The summed E-state index contributed by atoms with van der Waals surface area (Å²) in [5, 5.41) is 3.03. The molecule has 1 atom stereocenters. The monoisotopic (exact) mass is 605 g/mol. The predicted molar refractivity (Wildman–Crippen MR) is 151 cm³/mol. The van der Waals surface area contributed by atoms with Crippen LogP contribution in [0.25, 0.3) is 0 Å². The Morgan fingerprint density at radius 3 is 2.16 bits per heavy atom. The zero-order valence-electron chi connectivity index (χ0n) is 20.6. The fraction of sp³-hybridized carbons (Fsp3) is 0.259. The summed E-state index contributed by atoms with van der Waals surface area (Å²) in [7, 11) is -3.87. The van der Waals surface area contributed by atoms with Gasteiger partial charge < -0.3 is 10.2 Å². The van der Waals surface area contributed by atoms with Crippen molar-refractivity contribution in [2.45, 2.75) is 25.9 Å². The SMILES string of the molecule is CCNC(=O)[C@H](Cc1ccccc1)N(Cc1ccc(Br)cc1)C(=O)CN(c1ccccc1Cl)S(C)(=O)=O. The van der Waals surface area contributed by atoms with E-state index < -0.39 is 28.5 Å². The molecule has 3 rings (SSSR count). The lowest BCUT2D eigenvalue weighted by Crippen LogP contribution is -2.53. The summed E-state index contributed by atoms with van der Waals surface area (Å²) in [5.41, 5.74) is 1.86. The Balaban J connectivity index is 2.04. The van der Waals surface area contributed by atoms with E-state index in [2.05, 4.69) is 21.2 Å². The first-order valence-electron chi connectivity index (χ1n) is 11.7. The van der Waals surface area contributed by atoms with E-state index in [4.69, 9.17) is 11.6 Å². The number of nitrogens with one attached hydrogen (secondary N) is 1. The number of halogens is 2. The number of anilines is 1. The molecule has 0 radical (unpaired) electrons. The highest BCUT2D eigenvalue weighted by atomic mass is 79.9. The third-order valence-corrected chi connectivity index (χ3v) is 7.66. The topological polar surface area (TPSA) is 86.8 Å². The third-order valence-electron chi connectivity index (χ3n) is 5.69. The third kappa shape index (κ3) is 8.05. The number of likely N-dealkylation sites (N-methyl/N-ethyl adjacent to an activating group) is 1. The summed E-state index contributed by atoms with van der Waals surface area (Å²) in [6, 6.07) is 22.4. The number of nitrogens with zero attached hydrogens (tertiary/aromatic N) is 2. The second-order valence-electron chi connectivity index (χ2n) is 8.47. The molecule has 7 nitrogen and oxygen atoms in total. The minimum Gasteiger partial charge on any atom is -0.355 e. The molecule has 196 valence electrons. The summed E-state index contributed by atoms with van der Waals surface area (Å²) in [5.74, 6) is -0.846. The van der Waals surface area contributed by atoms with E-state index in [1.807, 2.05) is 54.6 Å². The zero-order chi connectivity index (χ0) is 27.0. The molecule has 0 aliphatic heterocycles. The van der Waals surface area contributed by atoms with Gasteiger partial charge in [0.05, 0.1) is 17.0 Å². The van der Waals surface area contributed by atoms with Crippen LogP contribution >= 0.6 is 27.5 Å². The number of sulfonamides is 1. The minimum atomic E-state index is -3.87. The molecule has 0 bridgehead atoms. The quantitative estimate of drug-likeness (QED) is 0.345. The Hall–Kier alpha value is -2.88. The van der Waals surface area contributed by atoms with E-state index in [9.17, 15) is 18.0 Å². The Labute approximate surface area is 231 Å². The Morgan fingerprint density at radius 1 is 0.946 bits per heavy atom. The molecule has 2 amide bonds. The van der Waals surface area contributed by atoms with Crippen molar-refractivity contribution in [3.8, 4) is 0 Å². The second kappa shape index (κ2) is 13.1. The van der Waals surface area contributed by atoms with Gasteiger partial charge in [0.1, 0.15) is 12.6 Å². The highest BCUT2D eigenvalue weighted by Gasteiger charge is 2.33. The average Bonchev–Trinajstić information content (AvgIpc) is 2.86. The Morgan fingerprint density at radius 2 is 1.57 bits per heavy atom. The lowest BCUT2D eigenvalue weighted by molar-refractivity contribution is -0.140. The predicted octanol–water partition coefficient (Wildman–Crippen LogP) is 4.64. The van der Waals surface area contributed by atoms with Crippen molar-refractivity contribution < 1.29 is 18.0 Å². The lowest BCUT2D eigenvalue weighted by atomic mass is 10.0. The van der Waals surface area contributed by atoms with E-state index in [0.29, 0.717) is 6.54 Å². The average molecular weight is 607 g/mol. The van der Waals surface area contributed by atoms with Gasteiger partial charge in [0.25, 0.3) is 0 Å². The van der Waals surface area contributed by atoms with Crippen molar-refractivity contribution in [2.24, 2.45) is 0 Å². The van der Waals surface area contributed by atoms with Crippen LogP contribution in [0.4, 0.5) is 5.69 Å². The fourth-order valence-corrected chi connectivity index (χ4v) is 5.29. The van der Waals surface area contributed by atoms with Crippen molar-refractivity contribution in [2.75, 3.05) is 23.7 Å². The van der Waals surface area contributed by atoms with Crippen LogP contribution in [0.3, 0.4) is 0 Å². The van der Waals surface area contributed by atoms with Crippen molar-refractivity contribution in [3.63, 3.8) is 0 Å². The first-order chi connectivity index (χ1) is 17.6. The first-order valence-corrected chi connectivity index (χ1v) is 14.7. The number of hydrogen-bond donors (Lipinski definition) is 1. The maximum absolute atomic E-state index is 13.9. The lowest BCUT2D eigenvalue weighted by Gasteiger charge is -2.33. The molecular formula is C27H29BrClN3O4S. The molecule has 0 aromatic heterocycles. The van der Waals surface area contributed by atoms with Gasteiger partial charge in [0, 0.05) is 24.0 Å². The van der Waals surface area contributed by atoms with Gasteiger partial charge in [0.15, 0.2) is 0 Å². The number of benzene rings is 3. The van der Waals surface area contributed by atoms with Gasteiger partial charge in [-0.15, -0.1) is 0 Å². The van der Waals surface area contributed by atoms with Crippen molar-refractivity contribution in [1.82, 2.24) is 10.2 Å². The number of rotatable bonds is 11. The molecule has 3 aromatic rings. The summed E-state index contributed by atoms with van der Waals surface area (Å²) in [6.07, 6.45) is 1.29. The number of hydrogen-bond acceptors (Lipinski definition) is 4. The molecule has 0 saturated heterocycles. The summed E-state index contributed by atoms with van der Waals surface area (Å²) in [6.45, 7) is 1.80. The van der Waals surface area contributed by atoms with E-state index >= 15 is 0 Å².